The van der Waals surface area contributed by atoms with Gasteiger partial charge in [-0.25, -0.2) is 9.37 Å². The minimum Gasteiger partial charge on any atom is -0.349 e. The number of nitrogens with one attached hydrogen (secondary N) is 1. The largest absolute Gasteiger partial charge is 0.349 e. The Labute approximate surface area is 138 Å². The van der Waals surface area contributed by atoms with Crippen molar-refractivity contribution in [1.29, 1.82) is 0 Å². The maximum Gasteiger partial charge on any atom is 0.242 e. The number of carbonyl (C=O) groups excluding carboxylic acids is 1. The van der Waals surface area contributed by atoms with Crippen LogP contribution in [0.4, 0.5) is 4.39 Å². The molecule has 1 N–H and O–H groups in total. The monoisotopic (exact) mass is 334 g/mol. The Morgan fingerprint density at radius 1 is 1.48 bits per heavy atom. The van der Waals surface area contributed by atoms with Crippen molar-refractivity contribution in [2.75, 3.05) is 19.8 Å². The number of benzene rings is 1. The number of imidazole rings is 1. The number of nitrogens with zero attached hydrogens (tertiary/aromatic N) is 3. The van der Waals surface area contributed by atoms with E-state index in [9.17, 15) is 9.18 Å². The number of aryl methyl sites for hydroxylation is 1. The number of likely N-dealkylation sites (N-methyl/N-ethyl adjacent to an activating group) is 1. The molecule has 2 aromatic rings. The first-order chi connectivity index (χ1) is 11.1. The highest BCUT2D eigenvalue weighted by atomic mass is 32.2. The second-order valence-corrected chi connectivity index (χ2v) is 6.72. The second kappa shape index (κ2) is 6.72. The molecule has 0 spiro atoms. The molecule has 1 aromatic carbocycles. The van der Waals surface area contributed by atoms with Crippen LogP contribution in [0.2, 0.25) is 0 Å². The van der Waals surface area contributed by atoms with Crippen LogP contribution in [0.1, 0.15) is 17.3 Å². The lowest BCUT2D eigenvalue weighted by atomic mass is 10.0. The fourth-order valence-electron chi connectivity index (χ4n) is 2.67. The SMILES string of the molecule is CN(C)C(C(=O)NCc1cn2c(n1)SCC2)c1ccccc1F. The summed E-state index contributed by atoms with van der Waals surface area (Å²) in [7, 11) is 3.52. The van der Waals surface area contributed by atoms with Gasteiger partial charge < -0.3 is 9.88 Å². The fraction of sp³-hybridized carbons (Fsp3) is 0.375. The van der Waals surface area contributed by atoms with Gasteiger partial charge in [0.2, 0.25) is 5.91 Å². The number of aromatic nitrogens is 2. The maximum atomic E-state index is 14.0. The number of rotatable bonds is 5. The predicted octanol–water partition coefficient (Wildman–Crippen LogP) is 2.05. The molecule has 3 rings (SSSR count). The van der Waals surface area contributed by atoms with Crippen molar-refractivity contribution in [3.8, 4) is 0 Å². The van der Waals surface area contributed by atoms with Gasteiger partial charge in [0, 0.05) is 24.1 Å². The molecule has 1 amide bonds. The normalized spacial score (nSPS) is 14.8. The van der Waals surface area contributed by atoms with Gasteiger partial charge in [0.05, 0.1) is 12.2 Å². The minimum atomic E-state index is -0.667. The highest BCUT2D eigenvalue weighted by molar-refractivity contribution is 7.99. The van der Waals surface area contributed by atoms with Crippen LogP contribution in [0.15, 0.2) is 35.6 Å². The molecule has 5 nitrogen and oxygen atoms in total. The maximum absolute atomic E-state index is 14.0. The van der Waals surface area contributed by atoms with Gasteiger partial charge in [-0.05, 0) is 20.2 Å². The molecule has 1 aliphatic rings. The third kappa shape index (κ3) is 3.40. The Hall–Kier alpha value is -1.86. The summed E-state index contributed by atoms with van der Waals surface area (Å²) in [5, 5.41) is 3.86. The fourth-order valence-corrected chi connectivity index (χ4v) is 3.63. The molecule has 0 fully saturated rings. The zero-order chi connectivity index (χ0) is 16.4. The van der Waals surface area contributed by atoms with Crippen LogP contribution in [-0.4, -0.2) is 40.2 Å². The smallest absolute Gasteiger partial charge is 0.242 e. The summed E-state index contributed by atoms with van der Waals surface area (Å²) in [6.07, 6.45) is 1.96. The average Bonchev–Trinajstić information content (AvgIpc) is 3.08. The molecular weight excluding hydrogens is 315 g/mol. The molecule has 1 atom stereocenters. The van der Waals surface area contributed by atoms with Crippen molar-refractivity contribution < 1.29 is 9.18 Å². The van der Waals surface area contributed by atoms with Crippen LogP contribution >= 0.6 is 11.8 Å². The Morgan fingerprint density at radius 2 is 2.26 bits per heavy atom. The van der Waals surface area contributed by atoms with Crippen molar-refractivity contribution in [1.82, 2.24) is 19.8 Å². The highest BCUT2D eigenvalue weighted by Gasteiger charge is 2.25. The van der Waals surface area contributed by atoms with Crippen LogP contribution in [0.3, 0.4) is 0 Å². The van der Waals surface area contributed by atoms with E-state index < -0.39 is 6.04 Å². The molecule has 0 radical (unpaired) electrons. The van der Waals surface area contributed by atoms with Crippen LogP contribution < -0.4 is 5.32 Å². The van der Waals surface area contributed by atoms with Crippen LogP contribution in [-0.2, 0) is 17.9 Å². The van der Waals surface area contributed by atoms with Gasteiger partial charge in [-0.15, -0.1) is 0 Å². The lowest BCUT2D eigenvalue weighted by molar-refractivity contribution is -0.126. The molecule has 122 valence electrons. The number of carbonyl (C=O) groups is 1. The van der Waals surface area contributed by atoms with E-state index in [1.807, 2.05) is 6.20 Å². The third-order valence-electron chi connectivity index (χ3n) is 3.76. The minimum absolute atomic E-state index is 0.235. The molecule has 2 heterocycles. The number of amides is 1. The van der Waals surface area contributed by atoms with E-state index >= 15 is 0 Å². The van der Waals surface area contributed by atoms with E-state index in [1.54, 1.807) is 49.0 Å². The molecule has 7 heteroatoms. The van der Waals surface area contributed by atoms with E-state index in [-0.39, 0.29) is 11.7 Å². The number of hydrogen-bond acceptors (Lipinski definition) is 4. The third-order valence-corrected chi connectivity index (χ3v) is 4.73. The van der Waals surface area contributed by atoms with E-state index in [1.165, 1.54) is 6.07 Å². The van der Waals surface area contributed by atoms with Gasteiger partial charge in [0.15, 0.2) is 5.16 Å². The molecular formula is C16H19FN4OS. The molecule has 23 heavy (non-hydrogen) atoms. The van der Waals surface area contributed by atoms with Crippen LogP contribution in [0, 0.1) is 5.82 Å². The first kappa shape index (κ1) is 16.0. The summed E-state index contributed by atoms with van der Waals surface area (Å²) < 4.78 is 16.1. The average molecular weight is 334 g/mol. The Kier molecular flexibility index (Phi) is 4.68. The summed E-state index contributed by atoms with van der Waals surface area (Å²) in [5.74, 6) is 0.435. The summed E-state index contributed by atoms with van der Waals surface area (Å²) in [6.45, 7) is 1.30. The van der Waals surface area contributed by atoms with E-state index in [2.05, 4.69) is 14.9 Å². The summed E-state index contributed by atoms with van der Waals surface area (Å²) in [6, 6.07) is 5.70. The molecule has 0 saturated carbocycles. The van der Waals surface area contributed by atoms with Gasteiger partial charge in [-0.3, -0.25) is 9.69 Å². The van der Waals surface area contributed by atoms with Gasteiger partial charge >= 0.3 is 0 Å². The van der Waals surface area contributed by atoms with E-state index in [0.717, 1.165) is 23.1 Å². The zero-order valence-corrected chi connectivity index (χ0v) is 13.9. The number of hydrogen-bond donors (Lipinski definition) is 1. The van der Waals surface area contributed by atoms with Crippen LogP contribution in [0.5, 0.6) is 0 Å². The topological polar surface area (TPSA) is 50.2 Å². The van der Waals surface area contributed by atoms with Gasteiger partial charge in [-0.1, -0.05) is 30.0 Å². The molecule has 0 saturated heterocycles. The Balaban J connectivity index is 1.70. The highest BCUT2D eigenvalue weighted by Crippen LogP contribution is 2.25. The first-order valence-electron chi connectivity index (χ1n) is 7.43. The number of halogens is 1. The molecule has 1 aromatic heterocycles. The van der Waals surface area contributed by atoms with Crippen molar-refractivity contribution in [3.63, 3.8) is 0 Å². The van der Waals surface area contributed by atoms with Crippen LogP contribution in [0.25, 0.3) is 0 Å². The summed E-state index contributed by atoms with van der Waals surface area (Å²) in [4.78, 5) is 18.7. The molecule has 0 bridgehead atoms. The molecule has 0 aliphatic carbocycles. The lowest BCUT2D eigenvalue weighted by Crippen LogP contribution is -2.37. The van der Waals surface area contributed by atoms with Gasteiger partial charge in [0.25, 0.3) is 0 Å². The van der Waals surface area contributed by atoms with Crippen molar-refractivity contribution in [2.45, 2.75) is 24.3 Å². The van der Waals surface area contributed by atoms with Crippen molar-refractivity contribution in [2.24, 2.45) is 0 Å². The standard InChI is InChI=1S/C16H19FN4OS/c1-20(2)14(12-5-3-4-6-13(12)17)15(22)18-9-11-10-21-7-8-23-16(21)19-11/h3-6,10,14H,7-9H2,1-2H3,(H,18,22). The predicted molar refractivity (Wildman–Crippen MR) is 87.6 cm³/mol. The number of fused-ring (bicyclic) bond motifs is 1. The zero-order valence-electron chi connectivity index (χ0n) is 13.1. The summed E-state index contributed by atoms with van der Waals surface area (Å²) in [5.41, 5.74) is 1.20. The molecule has 1 unspecified atom stereocenters. The van der Waals surface area contributed by atoms with Crippen molar-refractivity contribution in [3.05, 3.63) is 47.5 Å². The van der Waals surface area contributed by atoms with E-state index in [4.69, 9.17) is 0 Å². The summed E-state index contributed by atoms with van der Waals surface area (Å²) >= 11 is 1.71. The second-order valence-electron chi connectivity index (χ2n) is 5.66. The quantitative estimate of drug-likeness (QED) is 0.909. The van der Waals surface area contributed by atoms with Crippen molar-refractivity contribution >= 4 is 17.7 Å². The number of thioether (sulfide) groups is 1. The van der Waals surface area contributed by atoms with E-state index in [0.29, 0.717) is 12.1 Å². The Morgan fingerprint density at radius 3 is 2.96 bits per heavy atom. The molecule has 1 aliphatic heterocycles. The van der Waals surface area contributed by atoms with Gasteiger partial charge in [-0.2, -0.15) is 0 Å². The van der Waals surface area contributed by atoms with Gasteiger partial charge in [0.1, 0.15) is 11.9 Å². The first-order valence-corrected chi connectivity index (χ1v) is 8.42. The lowest BCUT2D eigenvalue weighted by Gasteiger charge is -2.24. The Bertz CT molecular complexity index is 694.